The van der Waals surface area contributed by atoms with Crippen LogP contribution in [0.4, 0.5) is 0 Å². The first-order chi connectivity index (χ1) is 8.50. The van der Waals surface area contributed by atoms with E-state index in [0.717, 1.165) is 24.5 Å². The summed E-state index contributed by atoms with van der Waals surface area (Å²) in [6.45, 7) is 4.88. The second kappa shape index (κ2) is 6.76. The molecule has 18 heavy (non-hydrogen) atoms. The van der Waals surface area contributed by atoms with Gasteiger partial charge in [-0.25, -0.2) is 0 Å². The molecule has 100 valence electrons. The predicted molar refractivity (Wildman–Crippen MR) is 72.2 cm³/mol. The molecular weight excluding hydrogens is 252 g/mol. The summed E-state index contributed by atoms with van der Waals surface area (Å²) in [5.74, 6) is 0.544. The van der Waals surface area contributed by atoms with E-state index in [1.165, 1.54) is 5.56 Å². The Morgan fingerprint density at radius 2 is 2.06 bits per heavy atom. The lowest BCUT2D eigenvalue weighted by molar-refractivity contribution is -0.122. The van der Waals surface area contributed by atoms with Gasteiger partial charge in [0.25, 0.3) is 6.47 Å². The minimum Gasteiger partial charge on any atom is -0.483 e. The van der Waals surface area contributed by atoms with E-state index < -0.39 is 0 Å². The standard InChI is InChI=1S/C13H17ClO.CH2O2/c1-13(2)9-10(7-8-15-13)11-5-3-4-6-12(11)14;2-1-3/h3-6,10H,7-9H2,1-2H3;1H,(H,2,3). The van der Waals surface area contributed by atoms with E-state index in [-0.39, 0.29) is 12.1 Å². The van der Waals surface area contributed by atoms with Crippen molar-refractivity contribution in [1.29, 1.82) is 0 Å². The Balaban J connectivity index is 0.000000492. The fourth-order valence-electron chi connectivity index (χ4n) is 2.30. The number of rotatable bonds is 1. The van der Waals surface area contributed by atoms with E-state index >= 15 is 0 Å². The molecule has 0 radical (unpaired) electrons. The monoisotopic (exact) mass is 270 g/mol. The van der Waals surface area contributed by atoms with Crippen LogP contribution >= 0.6 is 11.6 Å². The van der Waals surface area contributed by atoms with Gasteiger partial charge in [-0.05, 0) is 44.2 Å². The third-order valence-electron chi connectivity index (χ3n) is 3.04. The van der Waals surface area contributed by atoms with Gasteiger partial charge in [0.1, 0.15) is 0 Å². The maximum atomic E-state index is 8.36. The molecule has 1 N–H and O–H groups in total. The van der Waals surface area contributed by atoms with Crippen LogP contribution in [0.3, 0.4) is 0 Å². The molecule has 1 saturated heterocycles. The average Bonchev–Trinajstić information content (AvgIpc) is 2.29. The molecule has 1 fully saturated rings. The molecule has 4 heteroatoms. The van der Waals surface area contributed by atoms with Gasteiger partial charge in [-0.3, -0.25) is 4.79 Å². The van der Waals surface area contributed by atoms with Gasteiger partial charge < -0.3 is 9.84 Å². The molecule has 1 unspecified atom stereocenters. The van der Waals surface area contributed by atoms with Gasteiger partial charge in [0, 0.05) is 11.6 Å². The molecule has 0 aromatic heterocycles. The van der Waals surface area contributed by atoms with Gasteiger partial charge in [0.2, 0.25) is 0 Å². The Morgan fingerprint density at radius 1 is 1.44 bits per heavy atom. The van der Waals surface area contributed by atoms with E-state index in [4.69, 9.17) is 26.2 Å². The highest BCUT2D eigenvalue weighted by atomic mass is 35.5. The maximum Gasteiger partial charge on any atom is 0.290 e. The number of benzene rings is 1. The van der Waals surface area contributed by atoms with Gasteiger partial charge >= 0.3 is 0 Å². The zero-order valence-corrected chi connectivity index (χ0v) is 11.5. The van der Waals surface area contributed by atoms with Crippen LogP contribution in [0.5, 0.6) is 0 Å². The van der Waals surface area contributed by atoms with Crippen molar-refractivity contribution in [3.05, 3.63) is 34.9 Å². The number of hydrogen-bond acceptors (Lipinski definition) is 2. The van der Waals surface area contributed by atoms with Crippen LogP contribution < -0.4 is 0 Å². The van der Waals surface area contributed by atoms with Crippen LogP contribution in [0, 0.1) is 0 Å². The van der Waals surface area contributed by atoms with Crippen LogP contribution in [0.2, 0.25) is 5.02 Å². The average molecular weight is 271 g/mol. The van der Waals surface area contributed by atoms with Crippen LogP contribution in [-0.2, 0) is 9.53 Å². The van der Waals surface area contributed by atoms with Crippen LogP contribution in [0.1, 0.15) is 38.2 Å². The van der Waals surface area contributed by atoms with Gasteiger partial charge in [-0.1, -0.05) is 29.8 Å². The lowest BCUT2D eigenvalue weighted by Gasteiger charge is -2.36. The topological polar surface area (TPSA) is 46.5 Å². The van der Waals surface area contributed by atoms with E-state index in [9.17, 15) is 0 Å². The minimum absolute atomic E-state index is 0.0118. The normalized spacial score (nSPS) is 21.6. The SMILES string of the molecule is CC1(C)CC(c2ccccc2Cl)CCO1.O=CO. The summed E-state index contributed by atoms with van der Waals surface area (Å²) in [7, 11) is 0. The highest BCUT2D eigenvalue weighted by molar-refractivity contribution is 6.31. The van der Waals surface area contributed by atoms with Crippen molar-refractivity contribution in [1.82, 2.24) is 0 Å². The molecule has 2 rings (SSSR count). The van der Waals surface area contributed by atoms with E-state index in [1.54, 1.807) is 0 Å². The second-order valence-corrected chi connectivity index (χ2v) is 5.33. The van der Waals surface area contributed by atoms with Crippen molar-refractivity contribution in [2.45, 2.75) is 38.2 Å². The smallest absolute Gasteiger partial charge is 0.290 e. The zero-order valence-electron chi connectivity index (χ0n) is 10.7. The van der Waals surface area contributed by atoms with Crippen LogP contribution in [0.15, 0.2) is 24.3 Å². The third kappa shape index (κ3) is 4.31. The number of carbonyl (C=O) groups is 1. The van der Waals surface area contributed by atoms with Crippen LogP contribution in [0.25, 0.3) is 0 Å². The van der Waals surface area contributed by atoms with Crippen molar-refractivity contribution >= 4 is 18.1 Å². The number of ether oxygens (including phenoxy) is 1. The summed E-state index contributed by atoms with van der Waals surface area (Å²) in [6.07, 6.45) is 2.13. The van der Waals surface area contributed by atoms with Crippen molar-refractivity contribution < 1.29 is 14.6 Å². The Kier molecular flexibility index (Phi) is 5.63. The maximum absolute atomic E-state index is 8.36. The van der Waals surface area contributed by atoms with Crippen molar-refractivity contribution in [2.24, 2.45) is 0 Å². The first-order valence-electron chi connectivity index (χ1n) is 5.96. The largest absolute Gasteiger partial charge is 0.483 e. The molecule has 0 aliphatic carbocycles. The molecule has 0 spiro atoms. The summed E-state index contributed by atoms with van der Waals surface area (Å²) in [5.41, 5.74) is 1.26. The van der Waals surface area contributed by atoms with Gasteiger partial charge in [-0.2, -0.15) is 0 Å². The first kappa shape index (κ1) is 15.0. The van der Waals surface area contributed by atoms with E-state index in [0.29, 0.717) is 5.92 Å². The lowest BCUT2D eigenvalue weighted by atomic mass is 9.83. The number of hydrogen-bond donors (Lipinski definition) is 1. The highest BCUT2D eigenvalue weighted by Gasteiger charge is 2.30. The molecule has 1 heterocycles. The third-order valence-corrected chi connectivity index (χ3v) is 3.39. The van der Waals surface area contributed by atoms with Gasteiger partial charge in [0.15, 0.2) is 0 Å². The number of carboxylic acid groups (broad SMARTS) is 1. The molecule has 0 saturated carbocycles. The van der Waals surface area contributed by atoms with Gasteiger partial charge in [-0.15, -0.1) is 0 Å². The quantitative estimate of drug-likeness (QED) is 0.791. The Hall–Kier alpha value is -1.06. The molecular formula is C14H19ClO3. The van der Waals surface area contributed by atoms with Crippen molar-refractivity contribution in [3.63, 3.8) is 0 Å². The molecule has 1 aliphatic rings. The summed E-state index contributed by atoms with van der Waals surface area (Å²) < 4.78 is 5.71. The Morgan fingerprint density at radius 3 is 2.61 bits per heavy atom. The summed E-state index contributed by atoms with van der Waals surface area (Å²) >= 11 is 6.21. The minimum atomic E-state index is -0.250. The van der Waals surface area contributed by atoms with E-state index in [2.05, 4.69) is 26.0 Å². The molecule has 0 amide bonds. The second-order valence-electron chi connectivity index (χ2n) is 4.92. The highest BCUT2D eigenvalue weighted by Crippen LogP contribution is 2.38. The van der Waals surface area contributed by atoms with Crippen molar-refractivity contribution in [2.75, 3.05) is 6.61 Å². The molecule has 1 aromatic carbocycles. The molecule has 0 bridgehead atoms. The number of halogens is 1. The molecule has 1 aliphatic heterocycles. The van der Waals surface area contributed by atoms with Gasteiger partial charge in [0.05, 0.1) is 5.60 Å². The van der Waals surface area contributed by atoms with Crippen molar-refractivity contribution in [3.8, 4) is 0 Å². The fraction of sp³-hybridized carbons (Fsp3) is 0.500. The van der Waals surface area contributed by atoms with Crippen LogP contribution in [-0.4, -0.2) is 23.8 Å². The molecule has 1 aromatic rings. The summed E-state index contributed by atoms with van der Waals surface area (Å²) in [5, 5.41) is 7.78. The lowest BCUT2D eigenvalue weighted by Crippen LogP contribution is -2.33. The summed E-state index contributed by atoms with van der Waals surface area (Å²) in [6, 6.07) is 8.15. The zero-order chi connectivity index (χ0) is 13.6. The fourth-order valence-corrected chi connectivity index (χ4v) is 2.59. The first-order valence-corrected chi connectivity index (χ1v) is 6.34. The Bertz CT molecular complexity index is 390. The molecule has 3 nitrogen and oxygen atoms in total. The molecule has 1 atom stereocenters. The van der Waals surface area contributed by atoms with E-state index in [1.807, 2.05) is 12.1 Å². The summed E-state index contributed by atoms with van der Waals surface area (Å²) in [4.78, 5) is 8.36. The Labute approximate surface area is 113 Å². The predicted octanol–water partition coefficient (Wildman–Crippen LogP) is 3.71.